The molecule has 6 heteroatoms. The van der Waals surface area contributed by atoms with E-state index in [1.807, 2.05) is 6.92 Å². The maximum Gasteiger partial charge on any atom is 0.309 e. The first-order valence-corrected chi connectivity index (χ1v) is 6.65. The van der Waals surface area contributed by atoms with E-state index in [1.54, 1.807) is 0 Å². The van der Waals surface area contributed by atoms with Gasteiger partial charge in [0.15, 0.2) is 6.61 Å². The van der Waals surface area contributed by atoms with Gasteiger partial charge >= 0.3 is 5.97 Å². The van der Waals surface area contributed by atoms with Crippen LogP contribution in [0.4, 0.5) is 8.78 Å². The Kier molecular flexibility index (Phi) is 5.69. The molecule has 1 fully saturated rings. The number of halogens is 2. The van der Waals surface area contributed by atoms with Gasteiger partial charge in [0.2, 0.25) is 5.91 Å². The van der Waals surface area contributed by atoms with E-state index in [2.05, 4.69) is 10.1 Å². The molecule has 0 spiro atoms. The predicted molar refractivity (Wildman–Crippen MR) is 65.7 cm³/mol. The van der Waals surface area contributed by atoms with E-state index in [-0.39, 0.29) is 17.7 Å². The van der Waals surface area contributed by atoms with Gasteiger partial charge in [-0.1, -0.05) is 0 Å². The van der Waals surface area contributed by atoms with E-state index in [9.17, 15) is 18.4 Å². The van der Waals surface area contributed by atoms with Crippen molar-refractivity contribution in [3.63, 3.8) is 0 Å². The third kappa shape index (κ3) is 5.53. The molecule has 0 aromatic rings. The Bertz CT molecular complexity index is 320. The minimum atomic E-state index is -2.99. The zero-order chi connectivity index (χ0) is 14.5. The summed E-state index contributed by atoms with van der Waals surface area (Å²) in [5, 5.41) is 2.75. The summed E-state index contributed by atoms with van der Waals surface area (Å²) in [5.74, 6) is -3.98. The molecule has 110 valence electrons. The highest BCUT2D eigenvalue weighted by Crippen LogP contribution is 2.30. The maximum absolute atomic E-state index is 12.6. The lowest BCUT2D eigenvalue weighted by Crippen LogP contribution is -2.35. The standard InChI is InChI=1S/C13H21F2NO3/c1-3-16-11(17)9-4-6-10(7-5-9)12(18)19-8-13(2,14)15/h9-10H,3-8H2,1-2H3,(H,16,17). The van der Waals surface area contributed by atoms with Gasteiger partial charge in [0.05, 0.1) is 5.92 Å². The molecule has 0 aromatic heterocycles. The summed E-state index contributed by atoms with van der Waals surface area (Å²) in [6.07, 6.45) is 2.26. The van der Waals surface area contributed by atoms with Gasteiger partial charge in [0, 0.05) is 19.4 Å². The Labute approximate surface area is 111 Å². The third-order valence-corrected chi connectivity index (χ3v) is 3.25. The normalized spacial score (nSPS) is 23.8. The third-order valence-electron chi connectivity index (χ3n) is 3.25. The highest BCUT2D eigenvalue weighted by Gasteiger charge is 2.32. The van der Waals surface area contributed by atoms with Gasteiger partial charge in [-0.3, -0.25) is 9.59 Å². The van der Waals surface area contributed by atoms with Crippen LogP contribution in [0.1, 0.15) is 39.5 Å². The van der Waals surface area contributed by atoms with Crippen LogP contribution in [-0.2, 0) is 14.3 Å². The topological polar surface area (TPSA) is 55.4 Å². The van der Waals surface area contributed by atoms with Gasteiger partial charge < -0.3 is 10.1 Å². The van der Waals surface area contributed by atoms with Gasteiger partial charge in [-0.2, -0.15) is 0 Å². The molecule has 1 amide bonds. The number of hydrogen-bond acceptors (Lipinski definition) is 3. The lowest BCUT2D eigenvalue weighted by atomic mass is 9.81. The van der Waals surface area contributed by atoms with Crippen LogP contribution in [0.15, 0.2) is 0 Å². The molecule has 19 heavy (non-hydrogen) atoms. The Hall–Kier alpha value is -1.20. The Morgan fingerprint density at radius 3 is 2.21 bits per heavy atom. The van der Waals surface area contributed by atoms with Crippen molar-refractivity contribution in [2.45, 2.75) is 45.5 Å². The quantitative estimate of drug-likeness (QED) is 0.783. The number of esters is 1. The predicted octanol–water partition coefficient (Wildman–Crippen LogP) is 2.13. The first kappa shape index (κ1) is 15.9. The molecular weight excluding hydrogens is 256 g/mol. The fourth-order valence-corrected chi connectivity index (χ4v) is 2.23. The molecule has 0 atom stereocenters. The summed E-state index contributed by atoms with van der Waals surface area (Å²) in [7, 11) is 0. The van der Waals surface area contributed by atoms with E-state index in [4.69, 9.17) is 0 Å². The molecule has 0 bridgehead atoms. The molecule has 1 N–H and O–H groups in total. The zero-order valence-electron chi connectivity index (χ0n) is 11.4. The second-order valence-electron chi connectivity index (χ2n) is 5.12. The second kappa shape index (κ2) is 6.82. The summed E-state index contributed by atoms with van der Waals surface area (Å²) in [4.78, 5) is 23.2. The van der Waals surface area contributed by atoms with E-state index >= 15 is 0 Å². The van der Waals surface area contributed by atoms with Crippen molar-refractivity contribution in [2.24, 2.45) is 11.8 Å². The highest BCUT2D eigenvalue weighted by molar-refractivity contribution is 5.79. The molecule has 0 unspecified atom stereocenters. The van der Waals surface area contributed by atoms with Crippen molar-refractivity contribution in [1.29, 1.82) is 0 Å². The lowest BCUT2D eigenvalue weighted by molar-refractivity contribution is -0.160. The van der Waals surface area contributed by atoms with E-state index in [0.717, 1.165) is 0 Å². The van der Waals surface area contributed by atoms with Crippen LogP contribution in [0.2, 0.25) is 0 Å². The first-order valence-electron chi connectivity index (χ1n) is 6.65. The largest absolute Gasteiger partial charge is 0.459 e. The monoisotopic (exact) mass is 277 g/mol. The van der Waals surface area contributed by atoms with Crippen LogP contribution in [0, 0.1) is 11.8 Å². The van der Waals surface area contributed by atoms with Crippen molar-refractivity contribution in [1.82, 2.24) is 5.32 Å². The molecule has 0 aromatic carbocycles. The number of ether oxygens (including phenoxy) is 1. The molecule has 0 heterocycles. The molecule has 1 saturated carbocycles. The maximum atomic E-state index is 12.6. The summed E-state index contributed by atoms with van der Waals surface area (Å²) in [6.45, 7) is 2.28. The van der Waals surface area contributed by atoms with Crippen molar-refractivity contribution < 1.29 is 23.1 Å². The van der Waals surface area contributed by atoms with Gasteiger partial charge in [-0.15, -0.1) is 0 Å². The molecule has 0 radical (unpaired) electrons. The smallest absolute Gasteiger partial charge is 0.309 e. The average Bonchev–Trinajstić information content (AvgIpc) is 2.35. The number of rotatable bonds is 5. The average molecular weight is 277 g/mol. The second-order valence-corrected chi connectivity index (χ2v) is 5.12. The van der Waals surface area contributed by atoms with E-state index in [0.29, 0.717) is 39.2 Å². The molecule has 4 nitrogen and oxygen atoms in total. The van der Waals surface area contributed by atoms with Crippen LogP contribution in [0.25, 0.3) is 0 Å². The van der Waals surface area contributed by atoms with Crippen LogP contribution in [0.5, 0.6) is 0 Å². The Balaban J connectivity index is 2.33. The number of amides is 1. The first-order chi connectivity index (χ1) is 8.83. The van der Waals surface area contributed by atoms with Gasteiger partial charge in [0.1, 0.15) is 0 Å². The van der Waals surface area contributed by atoms with Crippen LogP contribution in [0.3, 0.4) is 0 Å². The lowest BCUT2D eigenvalue weighted by Gasteiger charge is -2.26. The van der Waals surface area contributed by atoms with Gasteiger partial charge in [0.25, 0.3) is 5.92 Å². The van der Waals surface area contributed by atoms with Gasteiger partial charge in [-0.25, -0.2) is 8.78 Å². The summed E-state index contributed by atoms with van der Waals surface area (Å²) in [5.41, 5.74) is 0. The number of nitrogens with one attached hydrogen (secondary N) is 1. The van der Waals surface area contributed by atoms with Crippen LogP contribution in [-0.4, -0.2) is 31.0 Å². The fourth-order valence-electron chi connectivity index (χ4n) is 2.23. The number of carbonyl (C=O) groups excluding carboxylic acids is 2. The Morgan fingerprint density at radius 2 is 1.74 bits per heavy atom. The Morgan fingerprint density at radius 1 is 1.21 bits per heavy atom. The minimum absolute atomic E-state index is 0.00871. The summed E-state index contributed by atoms with van der Waals surface area (Å²) in [6, 6.07) is 0. The van der Waals surface area contributed by atoms with Crippen LogP contribution < -0.4 is 5.32 Å². The summed E-state index contributed by atoms with van der Waals surface area (Å²) >= 11 is 0. The number of hydrogen-bond donors (Lipinski definition) is 1. The van der Waals surface area contributed by atoms with Crippen molar-refractivity contribution >= 4 is 11.9 Å². The molecular formula is C13H21F2NO3. The number of alkyl halides is 2. The van der Waals surface area contributed by atoms with Crippen LogP contribution >= 0.6 is 0 Å². The molecule has 1 rings (SSSR count). The molecule has 1 aliphatic carbocycles. The molecule has 0 aliphatic heterocycles. The zero-order valence-corrected chi connectivity index (χ0v) is 11.4. The minimum Gasteiger partial charge on any atom is -0.459 e. The molecule has 1 aliphatic rings. The van der Waals surface area contributed by atoms with Crippen molar-refractivity contribution in [3.8, 4) is 0 Å². The van der Waals surface area contributed by atoms with Crippen molar-refractivity contribution in [2.75, 3.05) is 13.2 Å². The highest BCUT2D eigenvalue weighted by atomic mass is 19.3. The fraction of sp³-hybridized carbons (Fsp3) is 0.846. The SMILES string of the molecule is CCNC(=O)C1CCC(C(=O)OCC(C)(F)F)CC1. The molecule has 0 saturated heterocycles. The van der Waals surface area contributed by atoms with E-state index in [1.165, 1.54) is 0 Å². The number of carbonyl (C=O) groups is 2. The van der Waals surface area contributed by atoms with Crippen molar-refractivity contribution in [3.05, 3.63) is 0 Å². The summed E-state index contributed by atoms with van der Waals surface area (Å²) < 4.78 is 29.7. The van der Waals surface area contributed by atoms with E-state index < -0.39 is 18.5 Å². The van der Waals surface area contributed by atoms with Gasteiger partial charge in [-0.05, 0) is 32.6 Å².